The SMILES string of the molecule is O=[C]c1cccc2nc[nH]c12. The molecule has 1 aromatic carbocycles. The van der Waals surface area contributed by atoms with Crippen LogP contribution in [0.4, 0.5) is 0 Å². The number of benzene rings is 1. The number of aromatic amines is 1. The maximum Gasteiger partial charge on any atom is 0.235 e. The van der Waals surface area contributed by atoms with Crippen molar-refractivity contribution < 1.29 is 4.79 Å². The Morgan fingerprint density at radius 3 is 3.18 bits per heavy atom. The summed E-state index contributed by atoms with van der Waals surface area (Å²) in [4.78, 5) is 17.2. The molecule has 0 saturated carbocycles. The van der Waals surface area contributed by atoms with Gasteiger partial charge >= 0.3 is 0 Å². The molecule has 0 amide bonds. The molecule has 3 heteroatoms. The highest BCUT2D eigenvalue weighted by molar-refractivity contribution is 5.94. The molecular formula is C8H5N2O. The smallest absolute Gasteiger partial charge is 0.235 e. The minimum absolute atomic E-state index is 0.528. The number of nitrogens with zero attached hydrogens (tertiary/aromatic N) is 1. The third-order valence-electron chi connectivity index (χ3n) is 1.56. The van der Waals surface area contributed by atoms with Gasteiger partial charge in [0, 0.05) is 0 Å². The lowest BCUT2D eigenvalue weighted by molar-refractivity contribution is 0.563. The number of hydrogen-bond donors (Lipinski definition) is 1. The molecule has 0 saturated heterocycles. The van der Waals surface area contributed by atoms with Gasteiger partial charge in [-0.3, -0.25) is 4.79 Å². The number of nitrogens with one attached hydrogen (secondary N) is 1. The highest BCUT2D eigenvalue weighted by Gasteiger charge is 2.00. The molecule has 2 aromatic rings. The van der Waals surface area contributed by atoms with Crippen LogP contribution in [0.5, 0.6) is 0 Å². The lowest BCUT2D eigenvalue weighted by atomic mass is 10.2. The predicted molar refractivity (Wildman–Crippen MR) is 40.9 cm³/mol. The van der Waals surface area contributed by atoms with Crippen molar-refractivity contribution in [3.8, 4) is 0 Å². The monoisotopic (exact) mass is 145 g/mol. The molecule has 0 unspecified atom stereocenters. The zero-order chi connectivity index (χ0) is 7.68. The third-order valence-corrected chi connectivity index (χ3v) is 1.56. The number of rotatable bonds is 1. The first-order valence-electron chi connectivity index (χ1n) is 3.22. The van der Waals surface area contributed by atoms with Gasteiger partial charge in [0.1, 0.15) is 0 Å². The van der Waals surface area contributed by atoms with Crippen LogP contribution in [0, 0.1) is 0 Å². The second-order valence-corrected chi connectivity index (χ2v) is 2.20. The maximum absolute atomic E-state index is 10.3. The van der Waals surface area contributed by atoms with Gasteiger partial charge in [-0.15, -0.1) is 0 Å². The Morgan fingerprint density at radius 1 is 1.45 bits per heavy atom. The Labute approximate surface area is 63.1 Å². The summed E-state index contributed by atoms with van der Waals surface area (Å²) in [5, 5.41) is 0. The Hall–Kier alpha value is -1.64. The zero-order valence-corrected chi connectivity index (χ0v) is 5.66. The summed E-state index contributed by atoms with van der Waals surface area (Å²) in [5.74, 6) is 0. The molecule has 11 heavy (non-hydrogen) atoms. The van der Waals surface area contributed by atoms with Crippen molar-refractivity contribution in [3.05, 3.63) is 30.1 Å². The minimum atomic E-state index is 0.528. The van der Waals surface area contributed by atoms with Crippen LogP contribution in [-0.2, 0) is 4.79 Å². The molecule has 0 aliphatic rings. The molecule has 2 rings (SSSR count). The van der Waals surface area contributed by atoms with E-state index >= 15 is 0 Å². The van der Waals surface area contributed by atoms with Crippen LogP contribution in [0.15, 0.2) is 24.5 Å². The summed E-state index contributed by atoms with van der Waals surface area (Å²) in [5.41, 5.74) is 2.08. The number of hydrogen-bond acceptors (Lipinski definition) is 2. The fourth-order valence-electron chi connectivity index (χ4n) is 1.05. The van der Waals surface area contributed by atoms with Crippen LogP contribution in [0.3, 0.4) is 0 Å². The first kappa shape index (κ1) is 6.09. The number of aromatic nitrogens is 2. The van der Waals surface area contributed by atoms with E-state index in [9.17, 15) is 4.79 Å². The predicted octanol–water partition coefficient (Wildman–Crippen LogP) is 1.02. The van der Waals surface area contributed by atoms with Crippen LogP contribution >= 0.6 is 0 Å². The van der Waals surface area contributed by atoms with Crippen molar-refractivity contribution in [2.75, 3.05) is 0 Å². The molecule has 3 nitrogen and oxygen atoms in total. The van der Waals surface area contributed by atoms with Gasteiger partial charge in [-0.1, -0.05) is 6.07 Å². The number of carbonyl (C=O) groups excluding carboxylic acids is 1. The molecule has 1 aromatic heterocycles. The van der Waals surface area contributed by atoms with Gasteiger partial charge in [-0.2, -0.15) is 0 Å². The Bertz CT molecular complexity index is 392. The summed E-state index contributed by atoms with van der Waals surface area (Å²) in [6.07, 6.45) is 3.40. The van der Waals surface area contributed by atoms with E-state index in [1.54, 1.807) is 18.5 Å². The van der Waals surface area contributed by atoms with E-state index in [2.05, 4.69) is 9.97 Å². The van der Waals surface area contributed by atoms with Gasteiger partial charge in [-0.05, 0) is 12.1 Å². The van der Waals surface area contributed by atoms with E-state index < -0.39 is 0 Å². The summed E-state index contributed by atoms with van der Waals surface area (Å²) in [7, 11) is 0. The number of H-pyrrole nitrogens is 1. The first-order chi connectivity index (χ1) is 5.42. The molecule has 1 radical (unpaired) electrons. The number of imidazole rings is 1. The molecule has 0 atom stereocenters. The lowest BCUT2D eigenvalue weighted by Crippen LogP contribution is -1.81. The Balaban J connectivity index is 2.88. The quantitative estimate of drug-likeness (QED) is 0.651. The molecule has 53 valence electrons. The number of para-hydroxylation sites is 1. The van der Waals surface area contributed by atoms with E-state index in [1.807, 2.05) is 12.4 Å². The average Bonchev–Trinajstić information content (AvgIpc) is 2.50. The van der Waals surface area contributed by atoms with Crippen LogP contribution in [-0.4, -0.2) is 16.3 Å². The summed E-state index contributed by atoms with van der Waals surface area (Å²) in [6.45, 7) is 0. The van der Waals surface area contributed by atoms with E-state index in [0.29, 0.717) is 5.56 Å². The van der Waals surface area contributed by atoms with Crippen LogP contribution in [0.25, 0.3) is 11.0 Å². The third kappa shape index (κ3) is 0.816. The van der Waals surface area contributed by atoms with Crippen LogP contribution in [0.1, 0.15) is 5.56 Å². The summed E-state index contributed by atoms with van der Waals surface area (Å²) < 4.78 is 0. The standard InChI is InChI=1S/C8H5N2O/c11-4-6-2-1-3-7-8(6)10-5-9-7/h1-3,5H,(H,9,10). The van der Waals surface area contributed by atoms with Crippen molar-refractivity contribution >= 4 is 17.3 Å². The van der Waals surface area contributed by atoms with Gasteiger partial charge in [0.05, 0.1) is 22.9 Å². The molecule has 0 fully saturated rings. The molecular weight excluding hydrogens is 140 g/mol. The highest BCUT2D eigenvalue weighted by atomic mass is 16.1. The second kappa shape index (κ2) is 2.20. The molecule has 1 heterocycles. The Kier molecular flexibility index (Phi) is 1.22. The normalized spacial score (nSPS) is 10.2. The molecule has 0 bridgehead atoms. The van der Waals surface area contributed by atoms with Crippen molar-refractivity contribution in [2.24, 2.45) is 0 Å². The van der Waals surface area contributed by atoms with Crippen molar-refractivity contribution in [2.45, 2.75) is 0 Å². The van der Waals surface area contributed by atoms with Crippen molar-refractivity contribution in [3.63, 3.8) is 0 Å². The van der Waals surface area contributed by atoms with Gasteiger partial charge < -0.3 is 4.98 Å². The van der Waals surface area contributed by atoms with E-state index in [1.165, 1.54) is 0 Å². The van der Waals surface area contributed by atoms with Gasteiger partial charge in [0.2, 0.25) is 6.29 Å². The molecule has 0 aliphatic carbocycles. The molecule has 0 aliphatic heterocycles. The zero-order valence-electron chi connectivity index (χ0n) is 5.66. The summed E-state index contributed by atoms with van der Waals surface area (Å²) in [6, 6.07) is 5.32. The van der Waals surface area contributed by atoms with Crippen molar-refractivity contribution in [1.82, 2.24) is 9.97 Å². The largest absolute Gasteiger partial charge is 0.344 e. The van der Waals surface area contributed by atoms with Crippen LogP contribution in [0.2, 0.25) is 0 Å². The van der Waals surface area contributed by atoms with E-state index in [-0.39, 0.29) is 0 Å². The fourth-order valence-corrected chi connectivity index (χ4v) is 1.05. The summed E-state index contributed by atoms with van der Waals surface area (Å²) >= 11 is 0. The Morgan fingerprint density at radius 2 is 2.36 bits per heavy atom. The van der Waals surface area contributed by atoms with Crippen molar-refractivity contribution in [1.29, 1.82) is 0 Å². The first-order valence-corrected chi connectivity index (χ1v) is 3.22. The van der Waals surface area contributed by atoms with Gasteiger partial charge in [0.15, 0.2) is 0 Å². The molecule has 1 N–H and O–H groups in total. The van der Waals surface area contributed by atoms with Crippen LogP contribution < -0.4 is 0 Å². The topological polar surface area (TPSA) is 45.8 Å². The van der Waals surface area contributed by atoms with Gasteiger partial charge in [-0.25, -0.2) is 4.98 Å². The minimum Gasteiger partial charge on any atom is -0.344 e. The molecule has 0 spiro atoms. The average molecular weight is 145 g/mol. The fraction of sp³-hybridized carbons (Fsp3) is 0. The lowest BCUT2D eigenvalue weighted by Gasteiger charge is -1.89. The van der Waals surface area contributed by atoms with E-state index in [4.69, 9.17) is 0 Å². The maximum atomic E-state index is 10.3. The van der Waals surface area contributed by atoms with E-state index in [0.717, 1.165) is 11.0 Å². The second-order valence-electron chi connectivity index (χ2n) is 2.20. The highest BCUT2D eigenvalue weighted by Crippen LogP contribution is 2.11. The number of fused-ring (bicyclic) bond motifs is 1. The van der Waals surface area contributed by atoms with Gasteiger partial charge in [0.25, 0.3) is 0 Å².